The van der Waals surface area contributed by atoms with E-state index >= 15 is 0 Å². The van der Waals surface area contributed by atoms with E-state index in [-0.39, 0.29) is 5.82 Å². The maximum absolute atomic E-state index is 10.5. The number of aromatic nitrogens is 2. The molecule has 0 unspecified atom stereocenters. The van der Waals surface area contributed by atoms with Crippen molar-refractivity contribution >= 4 is 5.97 Å². The number of carboxylic acid groups (broad SMARTS) is 1. The Bertz CT molecular complexity index is 358. The lowest BCUT2D eigenvalue weighted by atomic mass is 9.93. The maximum atomic E-state index is 10.5. The molecule has 2 rings (SSSR count). The van der Waals surface area contributed by atoms with E-state index in [9.17, 15) is 4.79 Å². The minimum absolute atomic E-state index is 0.250. The van der Waals surface area contributed by atoms with Crippen LogP contribution in [0.5, 0.6) is 0 Å². The van der Waals surface area contributed by atoms with Gasteiger partial charge in [0.2, 0.25) is 5.89 Å². The van der Waals surface area contributed by atoms with Crippen molar-refractivity contribution in [3.8, 4) is 0 Å². The predicted octanol–water partition coefficient (Wildman–Crippen LogP) is 0.700. The molecule has 0 amide bonds. The van der Waals surface area contributed by atoms with E-state index in [4.69, 9.17) is 9.63 Å². The van der Waals surface area contributed by atoms with Crippen molar-refractivity contribution in [1.29, 1.82) is 0 Å². The van der Waals surface area contributed by atoms with Gasteiger partial charge in [-0.3, -0.25) is 0 Å². The highest BCUT2D eigenvalue weighted by molar-refractivity contribution is 5.82. The summed E-state index contributed by atoms with van der Waals surface area (Å²) in [7, 11) is 0. The first kappa shape index (κ1) is 11.1. The first-order chi connectivity index (χ1) is 7.75. The number of hydrogen-bond donors (Lipinski definition) is 2. The van der Waals surface area contributed by atoms with Gasteiger partial charge in [0, 0.05) is 6.42 Å². The van der Waals surface area contributed by atoms with Gasteiger partial charge in [0.25, 0.3) is 5.82 Å². The molecule has 0 atom stereocenters. The molecule has 88 valence electrons. The molecule has 1 aromatic rings. The lowest BCUT2D eigenvalue weighted by molar-refractivity contribution is 0.0680. The van der Waals surface area contributed by atoms with Gasteiger partial charge in [-0.1, -0.05) is 0 Å². The molecule has 1 aliphatic heterocycles. The first-order valence-corrected chi connectivity index (χ1v) is 5.52. The average Bonchev–Trinajstić information content (AvgIpc) is 2.76. The van der Waals surface area contributed by atoms with E-state index in [0.717, 1.165) is 19.5 Å². The molecule has 0 saturated carbocycles. The minimum atomic E-state index is -1.14. The van der Waals surface area contributed by atoms with Crippen LogP contribution >= 0.6 is 0 Å². The Balaban J connectivity index is 1.81. The highest BCUT2D eigenvalue weighted by Gasteiger charge is 2.16. The number of aromatic carboxylic acids is 1. The summed E-state index contributed by atoms with van der Waals surface area (Å²) >= 11 is 0. The highest BCUT2D eigenvalue weighted by atomic mass is 16.5. The van der Waals surface area contributed by atoms with Crippen molar-refractivity contribution in [3.05, 3.63) is 11.7 Å². The Kier molecular flexibility index (Phi) is 3.51. The van der Waals surface area contributed by atoms with E-state index in [1.54, 1.807) is 0 Å². The first-order valence-electron chi connectivity index (χ1n) is 5.52. The number of carboxylic acids is 1. The zero-order chi connectivity index (χ0) is 11.4. The van der Waals surface area contributed by atoms with Crippen LogP contribution in [0.4, 0.5) is 0 Å². The molecule has 1 saturated heterocycles. The predicted molar refractivity (Wildman–Crippen MR) is 55.2 cm³/mol. The van der Waals surface area contributed by atoms with Gasteiger partial charge in [0.15, 0.2) is 0 Å². The molecule has 6 nitrogen and oxygen atoms in total. The van der Waals surface area contributed by atoms with Crippen molar-refractivity contribution in [2.45, 2.75) is 25.7 Å². The standard InChI is InChI=1S/C10H15N3O3/c14-10(15)9-12-8(16-13-9)2-1-7-3-5-11-6-4-7/h7,11H,1-6H2,(H,14,15). The third kappa shape index (κ3) is 2.79. The largest absolute Gasteiger partial charge is 0.475 e. The fourth-order valence-electron chi connectivity index (χ4n) is 1.94. The van der Waals surface area contributed by atoms with Crippen LogP contribution in [0.2, 0.25) is 0 Å². The smallest absolute Gasteiger partial charge is 0.377 e. The van der Waals surface area contributed by atoms with E-state index in [2.05, 4.69) is 15.5 Å². The molecule has 16 heavy (non-hydrogen) atoms. The lowest BCUT2D eigenvalue weighted by Crippen LogP contribution is -2.27. The zero-order valence-electron chi connectivity index (χ0n) is 8.98. The second-order valence-electron chi connectivity index (χ2n) is 4.05. The van der Waals surface area contributed by atoms with Gasteiger partial charge in [-0.05, 0) is 43.4 Å². The molecule has 0 bridgehead atoms. The average molecular weight is 225 g/mol. The summed E-state index contributed by atoms with van der Waals surface area (Å²) in [5.41, 5.74) is 0. The number of nitrogens with one attached hydrogen (secondary N) is 1. The van der Waals surface area contributed by atoms with Crippen molar-refractivity contribution in [3.63, 3.8) is 0 Å². The Labute approximate surface area is 93.0 Å². The monoisotopic (exact) mass is 225 g/mol. The van der Waals surface area contributed by atoms with Crippen LogP contribution in [0.25, 0.3) is 0 Å². The number of nitrogens with zero attached hydrogens (tertiary/aromatic N) is 2. The van der Waals surface area contributed by atoms with Crippen LogP contribution in [-0.2, 0) is 6.42 Å². The van der Waals surface area contributed by atoms with E-state index < -0.39 is 5.97 Å². The van der Waals surface area contributed by atoms with Gasteiger partial charge in [0.1, 0.15) is 0 Å². The van der Waals surface area contributed by atoms with Crippen molar-refractivity contribution < 1.29 is 14.4 Å². The summed E-state index contributed by atoms with van der Waals surface area (Å²) < 4.78 is 4.86. The molecular weight excluding hydrogens is 210 g/mol. The molecule has 0 spiro atoms. The molecule has 1 aliphatic rings. The maximum Gasteiger partial charge on any atom is 0.377 e. The highest BCUT2D eigenvalue weighted by Crippen LogP contribution is 2.18. The van der Waals surface area contributed by atoms with E-state index in [0.29, 0.717) is 18.2 Å². The van der Waals surface area contributed by atoms with Gasteiger partial charge in [-0.25, -0.2) is 4.79 Å². The number of hydrogen-bond acceptors (Lipinski definition) is 5. The third-order valence-electron chi connectivity index (χ3n) is 2.88. The lowest BCUT2D eigenvalue weighted by Gasteiger charge is -2.21. The van der Waals surface area contributed by atoms with Crippen molar-refractivity contribution in [1.82, 2.24) is 15.5 Å². The molecule has 0 radical (unpaired) electrons. The molecular formula is C10H15N3O3. The Hall–Kier alpha value is -1.43. The van der Waals surface area contributed by atoms with Crippen LogP contribution < -0.4 is 5.32 Å². The summed E-state index contributed by atoms with van der Waals surface area (Å²) in [6, 6.07) is 0. The Morgan fingerprint density at radius 3 is 2.88 bits per heavy atom. The summed E-state index contributed by atoms with van der Waals surface area (Å²) in [5, 5.41) is 15.3. The molecule has 0 aliphatic carbocycles. The number of carbonyl (C=O) groups is 1. The third-order valence-corrected chi connectivity index (χ3v) is 2.88. The van der Waals surface area contributed by atoms with Crippen molar-refractivity contribution in [2.24, 2.45) is 5.92 Å². The minimum Gasteiger partial charge on any atom is -0.475 e. The van der Waals surface area contributed by atoms with Crippen LogP contribution in [0, 0.1) is 5.92 Å². The number of rotatable bonds is 4. The molecule has 0 aromatic carbocycles. The zero-order valence-corrected chi connectivity index (χ0v) is 8.98. The summed E-state index contributed by atoms with van der Waals surface area (Å²) in [5.74, 6) is -0.283. The molecule has 2 N–H and O–H groups in total. The van der Waals surface area contributed by atoms with Crippen LogP contribution in [0.1, 0.15) is 35.8 Å². The van der Waals surface area contributed by atoms with E-state index in [1.165, 1.54) is 12.8 Å². The molecule has 1 fully saturated rings. The number of aryl methyl sites for hydroxylation is 1. The quantitative estimate of drug-likeness (QED) is 0.784. The van der Waals surface area contributed by atoms with Crippen LogP contribution in [0.3, 0.4) is 0 Å². The summed E-state index contributed by atoms with van der Waals surface area (Å²) in [4.78, 5) is 14.3. The molecule has 6 heteroatoms. The van der Waals surface area contributed by atoms with Gasteiger partial charge < -0.3 is 14.9 Å². The summed E-state index contributed by atoms with van der Waals surface area (Å²) in [6.07, 6.45) is 3.99. The van der Waals surface area contributed by atoms with Gasteiger partial charge in [-0.15, -0.1) is 0 Å². The van der Waals surface area contributed by atoms with Crippen molar-refractivity contribution in [2.75, 3.05) is 13.1 Å². The second-order valence-corrected chi connectivity index (χ2v) is 4.05. The topological polar surface area (TPSA) is 88.2 Å². The molecule has 1 aromatic heterocycles. The Morgan fingerprint density at radius 2 is 2.25 bits per heavy atom. The number of piperidine rings is 1. The van der Waals surface area contributed by atoms with Crippen LogP contribution in [-0.4, -0.2) is 34.3 Å². The molecule has 2 heterocycles. The fourth-order valence-corrected chi connectivity index (χ4v) is 1.94. The summed E-state index contributed by atoms with van der Waals surface area (Å²) in [6.45, 7) is 2.13. The SMILES string of the molecule is O=C(O)c1noc(CCC2CCNCC2)n1. The van der Waals surface area contributed by atoms with Crippen LogP contribution in [0.15, 0.2) is 4.52 Å². The van der Waals surface area contributed by atoms with E-state index in [1.807, 2.05) is 0 Å². The second kappa shape index (κ2) is 5.07. The fraction of sp³-hybridized carbons (Fsp3) is 0.700. The normalized spacial score (nSPS) is 17.5. The van der Waals surface area contributed by atoms with Gasteiger partial charge >= 0.3 is 5.97 Å². The van der Waals surface area contributed by atoms with Gasteiger partial charge in [0.05, 0.1) is 0 Å². The van der Waals surface area contributed by atoms with Gasteiger partial charge in [-0.2, -0.15) is 4.98 Å². The Morgan fingerprint density at radius 1 is 1.50 bits per heavy atom.